The number of pyridine rings is 2. The van der Waals surface area contributed by atoms with Gasteiger partial charge < -0.3 is 10.3 Å². The van der Waals surface area contributed by atoms with Gasteiger partial charge in [0, 0.05) is 55.8 Å². The SMILES string of the molecule is CC(=O)c1ccc(-c2cccc3[nH]c(-c4n[nH]c5ncc(-c6cncc(NC(=O)c7ccccc7)c6)cc45)cc23)s1. The summed E-state index contributed by atoms with van der Waals surface area (Å²) in [6.45, 7) is 1.59. The second kappa shape index (κ2) is 9.96. The van der Waals surface area contributed by atoms with E-state index in [2.05, 4.69) is 42.6 Å². The number of anilines is 1. The molecule has 0 radical (unpaired) electrons. The highest BCUT2D eigenvalue weighted by Gasteiger charge is 2.16. The average Bonchev–Trinajstić information content (AvgIpc) is 3.75. The van der Waals surface area contributed by atoms with Gasteiger partial charge in [-0.2, -0.15) is 5.10 Å². The Morgan fingerprint density at radius 3 is 2.54 bits per heavy atom. The molecule has 0 unspecified atom stereocenters. The van der Waals surface area contributed by atoms with Crippen LogP contribution in [0, 0.1) is 0 Å². The Balaban J connectivity index is 1.24. The number of Topliss-reactive ketones (excluding diaryl/α,β-unsaturated/α-hetero) is 1. The smallest absolute Gasteiger partial charge is 0.255 e. The molecule has 0 aliphatic carbocycles. The van der Waals surface area contributed by atoms with E-state index >= 15 is 0 Å². The van der Waals surface area contributed by atoms with E-state index in [0.29, 0.717) is 16.9 Å². The van der Waals surface area contributed by atoms with E-state index in [1.165, 1.54) is 11.3 Å². The number of hydrogen-bond acceptors (Lipinski definition) is 6. The van der Waals surface area contributed by atoms with Gasteiger partial charge in [0.25, 0.3) is 5.91 Å². The molecule has 0 bridgehead atoms. The summed E-state index contributed by atoms with van der Waals surface area (Å²) in [6.07, 6.45) is 5.12. The molecule has 5 heterocycles. The molecule has 0 aliphatic heterocycles. The van der Waals surface area contributed by atoms with Crippen LogP contribution in [0.4, 0.5) is 5.69 Å². The number of nitrogens with one attached hydrogen (secondary N) is 3. The van der Waals surface area contributed by atoms with Crippen LogP contribution >= 0.6 is 11.3 Å². The first-order valence-electron chi connectivity index (χ1n) is 12.9. The molecule has 0 saturated carbocycles. The van der Waals surface area contributed by atoms with Crippen LogP contribution in [0.25, 0.3) is 54.9 Å². The summed E-state index contributed by atoms with van der Waals surface area (Å²) in [5.41, 5.74) is 7.11. The lowest BCUT2D eigenvalue weighted by atomic mass is 10.1. The lowest BCUT2D eigenvalue weighted by Crippen LogP contribution is -2.11. The zero-order valence-electron chi connectivity index (χ0n) is 21.8. The van der Waals surface area contributed by atoms with E-state index in [4.69, 9.17) is 0 Å². The summed E-state index contributed by atoms with van der Waals surface area (Å²) in [5.74, 6) is -0.137. The Kier molecular flexibility index (Phi) is 5.98. The second-order valence-electron chi connectivity index (χ2n) is 9.64. The number of ketones is 1. The lowest BCUT2D eigenvalue weighted by molar-refractivity contribution is 0.101. The van der Waals surface area contributed by atoms with Gasteiger partial charge >= 0.3 is 0 Å². The number of rotatable bonds is 6. The van der Waals surface area contributed by atoms with Crippen molar-refractivity contribution in [2.75, 3.05) is 5.32 Å². The van der Waals surface area contributed by atoms with Gasteiger partial charge in [0.05, 0.1) is 22.5 Å². The molecule has 5 aromatic heterocycles. The molecule has 7 aromatic rings. The molecule has 7 rings (SSSR count). The van der Waals surface area contributed by atoms with Gasteiger partial charge in [-0.15, -0.1) is 11.3 Å². The maximum absolute atomic E-state index is 12.6. The first-order valence-corrected chi connectivity index (χ1v) is 13.7. The Morgan fingerprint density at radius 1 is 0.854 bits per heavy atom. The van der Waals surface area contributed by atoms with Gasteiger partial charge in [0.2, 0.25) is 0 Å². The first-order chi connectivity index (χ1) is 20.0. The van der Waals surface area contributed by atoms with Crippen LogP contribution in [0.3, 0.4) is 0 Å². The zero-order chi connectivity index (χ0) is 27.9. The van der Waals surface area contributed by atoms with Crippen molar-refractivity contribution in [2.45, 2.75) is 6.92 Å². The number of fused-ring (bicyclic) bond motifs is 2. The highest BCUT2D eigenvalue weighted by Crippen LogP contribution is 2.37. The number of carbonyl (C=O) groups is 2. The molecule has 1 amide bonds. The summed E-state index contributed by atoms with van der Waals surface area (Å²) in [5, 5.41) is 12.4. The number of H-pyrrole nitrogens is 2. The van der Waals surface area contributed by atoms with E-state index in [1.807, 2.05) is 54.6 Å². The van der Waals surface area contributed by atoms with E-state index in [0.717, 1.165) is 54.1 Å². The van der Waals surface area contributed by atoms with Crippen LogP contribution in [0.15, 0.2) is 97.5 Å². The fourth-order valence-electron chi connectivity index (χ4n) is 4.90. The maximum Gasteiger partial charge on any atom is 0.255 e. The molecule has 0 spiro atoms. The Labute approximate surface area is 238 Å². The highest BCUT2D eigenvalue weighted by atomic mass is 32.1. The van der Waals surface area contributed by atoms with Gasteiger partial charge in [-0.25, -0.2) is 4.98 Å². The summed E-state index contributed by atoms with van der Waals surface area (Å²) in [7, 11) is 0. The van der Waals surface area contributed by atoms with Crippen molar-refractivity contribution < 1.29 is 9.59 Å². The molecular weight excluding hydrogens is 532 g/mol. The van der Waals surface area contributed by atoms with E-state index in [9.17, 15) is 9.59 Å². The predicted molar refractivity (Wildman–Crippen MR) is 162 cm³/mol. The van der Waals surface area contributed by atoms with E-state index < -0.39 is 0 Å². The summed E-state index contributed by atoms with van der Waals surface area (Å²) >= 11 is 1.49. The molecule has 8 nitrogen and oxygen atoms in total. The van der Waals surface area contributed by atoms with Crippen molar-refractivity contribution in [1.29, 1.82) is 0 Å². The van der Waals surface area contributed by atoms with E-state index in [-0.39, 0.29) is 11.7 Å². The quantitative estimate of drug-likeness (QED) is 0.186. The lowest BCUT2D eigenvalue weighted by Gasteiger charge is -2.07. The molecule has 0 aliphatic rings. The highest BCUT2D eigenvalue weighted by molar-refractivity contribution is 7.17. The van der Waals surface area contributed by atoms with Crippen molar-refractivity contribution in [3.8, 4) is 33.0 Å². The molecule has 0 saturated heterocycles. The third kappa shape index (κ3) is 4.58. The van der Waals surface area contributed by atoms with Gasteiger partial charge in [-0.1, -0.05) is 30.3 Å². The monoisotopic (exact) mass is 554 g/mol. The second-order valence-corrected chi connectivity index (χ2v) is 10.7. The number of nitrogens with zero attached hydrogens (tertiary/aromatic N) is 3. The number of hydrogen-bond donors (Lipinski definition) is 3. The number of carbonyl (C=O) groups excluding carboxylic acids is 2. The third-order valence-corrected chi connectivity index (χ3v) is 8.14. The number of aromatic amines is 2. The average molecular weight is 555 g/mol. The summed E-state index contributed by atoms with van der Waals surface area (Å²) < 4.78 is 0. The number of thiophene rings is 1. The number of amides is 1. The van der Waals surface area contributed by atoms with Crippen LogP contribution < -0.4 is 5.32 Å². The van der Waals surface area contributed by atoms with Crippen LogP contribution in [0.2, 0.25) is 0 Å². The van der Waals surface area contributed by atoms with Crippen LogP contribution in [0.5, 0.6) is 0 Å². The van der Waals surface area contributed by atoms with Crippen molar-refractivity contribution in [2.24, 2.45) is 0 Å². The fraction of sp³-hybridized carbons (Fsp3) is 0.0312. The van der Waals surface area contributed by atoms with Gasteiger partial charge in [-0.3, -0.25) is 19.7 Å². The van der Waals surface area contributed by atoms with E-state index in [1.54, 1.807) is 37.6 Å². The van der Waals surface area contributed by atoms with Crippen LogP contribution in [0.1, 0.15) is 27.0 Å². The minimum Gasteiger partial charge on any atom is -0.353 e. The van der Waals surface area contributed by atoms with Gasteiger partial charge in [-0.05, 0) is 55.5 Å². The summed E-state index contributed by atoms with van der Waals surface area (Å²) in [6, 6.07) is 25.0. The topological polar surface area (TPSA) is 116 Å². The van der Waals surface area contributed by atoms with Crippen LogP contribution in [-0.4, -0.2) is 36.8 Å². The number of aromatic nitrogens is 5. The minimum absolute atomic E-state index is 0.0637. The Morgan fingerprint density at radius 2 is 1.71 bits per heavy atom. The molecule has 2 aromatic carbocycles. The molecule has 0 fully saturated rings. The summed E-state index contributed by atoms with van der Waals surface area (Å²) in [4.78, 5) is 38.7. The van der Waals surface area contributed by atoms with Crippen molar-refractivity contribution >= 4 is 50.7 Å². The predicted octanol–water partition coefficient (Wildman–Crippen LogP) is 7.35. The minimum atomic E-state index is -0.200. The first kappa shape index (κ1) is 24.6. The zero-order valence-corrected chi connectivity index (χ0v) is 22.6. The molecular formula is C32H22N6O2S. The van der Waals surface area contributed by atoms with Crippen molar-refractivity contribution in [1.82, 2.24) is 25.1 Å². The maximum atomic E-state index is 12.6. The van der Waals surface area contributed by atoms with Crippen molar-refractivity contribution in [3.05, 3.63) is 108 Å². The Bertz CT molecular complexity index is 2090. The fourth-order valence-corrected chi connectivity index (χ4v) is 5.84. The Hall–Kier alpha value is -5.41. The van der Waals surface area contributed by atoms with Gasteiger partial charge in [0.1, 0.15) is 5.69 Å². The molecule has 198 valence electrons. The van der Waals surface area contributed by atoms with Gasteiger partial charge in [0.15, 0.2) is 11.4 Å². The molecule has 3 N–H and O–H groups in total. The number of benzene rings is 2. The largest absolute Gasteiger partial charge is 0.353 e. The van der Waals surface area contributed by atoms with Crippen molar-refractivity contribution in [3.63, 3.8) is 0 Å². The molecule has 41 heavy (non-hydrogen) atoms. The van der Waals surface area contributed by atoms with Crippen LogP contribution in [-0.2, 0) is 0 Å². The third-order valence-electron chi connectivity index (χ3n) is 6.92. The molecule has 0 atom stereocenters. The normalized spacial score (nSPS) is 11.2. The molecule has 9 heteroatoms. The standard InChI is InChI=1S/C32H22N6O2S/c1-18(39)28-10-11-29(41-28)23-8-5-9-26-24(23)14-27(36-26)30-25-13-21(16-34-31(25)38-37-30)20-12-22(17-33-15-20)35-32(40)19-6-3-2-4-7-19/h2-17,36H,1H3,(H,35,40)(H,34,37,38).